The molecular formula is C27H37N3O3. The van der Waals surface area contributed by atoms with E-state index in [-0.39, 0.29) is 18.4 Å². The molecule has 2 aromatic rings. The van der Waals surface area contributed by atoms with Crippen LogP contribution in [0.25, 0.3) is 0 Å². The third-order valence-corrected chi connectivity index (χ3v) is 5.86. The maximum absolute atomic E-state index is 12.7. The molecule has 0 aliphatic carbocycles. The second kappa shape index (κ2) is 13.5. The van der Waals surface area contributed by atoms with Gasteiger partial charge in [-0.2, -0.15) is 0 Å². The maximum atomic E-state index is 12.7. The van der Waals surface area contributed by atoms with Gasteiger partial charge in [0.05, 0.1) is 13.2 Å². The molecule has 0 aromatic heterocycles. The summed E-state index contributed by atoms with van der Waals surface area (Å²) in [6, 6.07) is 14.8. The summed E-state index contributed by atoms with van der Waals surface area (Å²) in [6.45, 7) is 4.69. The quantitative estimate of drug-likeness (QED) is 0.429. The van der Waals surface area contributed by atoms with Crippen molar-refractivity contribution in [2.75, 3.05) is 36.9 Å². The number of hydrogen-bond donors (Lipinski definition) is 2. The fraction of sp³-hybridized carbons (Fsp3) is 0.481. The molecular weight excluding hydrogens is 414 g/mol. The lowest BCUT2D eigenvalue weighted by molar-refractivity contribution is -0.114. The highest BCUT2D eigenvalue weighted by Crippen LogP contribution is 2.18. The maximum Gasteiger partial charge on any atom is 0.253 e. The number of unbranched alkanes of at least 4 members (excludes halogenated alkanes) is 3. The second-order valence-corrected chi connectivity index (χ2v) is 8.62. The fourth-order valence-corrected chi connectivity index (χ4v) is 3.96. The summed E-state index contributed by atoms with van der Waals surface area (Å²) in [4.78, 5) is 27.0. The van der Waals surface area contributed by atoms with Crippen molar-refractivity contribution in [3.8, 4) is 5.75 Å². The lowest BCUT2D eigenvalue weighted by Crippen LogP contribution is -2.31. The Morgan fingerprint density at radius 3 is 2.39 bits per heavy atom. The molecule has 2 amide bonds. The van der Waals surface area contributed by atoms with Crippen LogP contribution >= 0.6 is 0 Å². The Hall–Kier alpha value is -3.02. The largest absolute Gasteiger partial charge is 0.494 e. The van der Waals surface area contributed by atoms with Gasteiger partial charge in [0.2, 0.25) is 5.91 Å². The molecule has 6 heteroatoms. The summed E-state index contributed by atoms with van der Waals surface area (Å²) in [5.41, 5.74) is 2.21. The number of benzene rings is 2. The molecule has 2 N–H and O–H groups in total. The Kier molecular flexibility index (Phi) is 10.1. The molecule has 0 atom stereocenters. The molecule has 1 saturated heterocycles. The first kappa shape index (κ1) is 24.6. The first-order chi connectivity index (χ1) is 16.2. The second-order valence-electron chi connectivity index (χ2n) is 8.62. The van der Waals surface area contributed by atoms with Gasteiger partial charge >= 0.3 is 0 Å². The van der Waals surface area contributed by atoms with Crippen LogP contribution in [0.2, 0.25) is 0 Å². The van der Waals surface area contributed by atoms with Crippen molar-refractivity contribution in [3.05, 3.63) is 54.1 Å². The van der Waals surface area contributed by atoms with Gasteiger partial charge in [0.25, 0.3) is 5.91 Å². The minimum absolute atomic E-state index is 0.0913. The van der Waals surface area contributed by atoms with E-state index in [9.17, 15) is 9.59 Å². The number of carbonyl (C=O) groups excluding carboxylic acids is 2. The highest BCUT2D eigenvalue weighted by Gasteiger charge is 2.17. The predicted octanol–water partition coefficient (Wildman–Crippen LogP) is 5.71. The van der Waals surface area contributed by atoms with Crippen molar-refractivity contribution in [2.45, 2.75) is 58.3 Å². The van der Waals surface area contributed by atoms with Gasteiger partial charge in [-0.05, 0) is 55.7 Å². The molecule has 0 radical (unpaired) electrons. The Labute approximate surface area is 197 Å². The summed E-state index contributed by atoms with van der Waals surface area (Å²) in [5.74, 6) is 0.718. The fourth-order valence-electron chi connectivity index (χ4n) is 3.96. The highest BCUT2D eigenvalue weighted by molar-refractivity contribution is 5.95. The smallest absolute Gasteiger partial charge is 0.253 e. The number of hydrogen-bond acceptors (Lipinski definition) is 4. The molecule has 6 nitrogen and oxygen atoms in total. The summed E-state index contributed by atoms with van der Waals surface area (Å²) in [6.07, 6.45) is 9.20. The lowest BCUT2D eigenvalue weighted by atomic mass is 10.1. The minimum atomic E-state index is -0.139. The molecule has 1 heterocycles. The number of ether oxygens (including phenoxy) is 1. The summed E-state index contributed by atoms with van der Waals surface area (Å²) in [5, 5.41) is 6.02. The molecule has 178 valence electrons. The van der Waals surface area contributed by atoms with Crippen molar-refractivity contribution < 1.29 is 14.3 Å². The van der Waals surface area contributed by atoms with Crippen LogP contribution in [0.4, 0.5) is 11.4 Å². The van der Waals surface area contributed by atoms with Crippen LogP contribution in [0.5, 0.6) is 5.75 Å². The lowest BCUT2D eigenvalue weighted by Gasteiger charge is -2.20. The van der Waals surface area contributed by atoms with Crippen LogP contribution in [-0.4, -0.2) is 43.0 Å². The molecule has 33 heavy (non-hydrogen) atoms. The van der Waals surface area contributed by atoms with E-state index in [0.29, 0.717) is 17.9 Å². The predicted molar refractivity (Wildman–Crippen MR) is 134 cm³/mol. The first-order valence-electron chi connectivity index (χ1n) is 12.3. The number of nitrogens with zero attached hydrogens (tertiary/aromatic N) is 1. The molecule has 1 fully saturated rings. The SMILES string of the molecule is CCCCCCOc1cccc(NC(=O)CNc2ccc(C(=O)N3CCCCCC3)cc2)c1. The zero-order chi connectivity index (χ0) is 23.3. The Morgan fingerprint density at radius 1 is 0.909 bits per heavy atom. The average Bonchev–Trinajstić information content (AvgIpc) is 3.12. The van der Waals surface area contributed by atoms with Gasteiger partial charge in [-0.25, -0.2) is 0 Å². The zero-order valence-corrected chi connectivity index (χ0v) is 19.8. The van der Waals surface area contributed by atoms with Gasteiger partial charge in [-0.15, -0.1) is 0 Å². The van der Waals surface area contributed by atoms with Crippen molar-refractivity contribution in [2.24, 2.45) is 0 Å². The van der Waals surface area contributed by atoms with Crippen LogP contribution < -0.4 is 15.4 Å². The van der Waals surface area contributed by atoms with E-state index in [1.54, 1.807) is 0 Å². The van der Waals surface area contributed by atoms with Gasteiger partial charge in [-0.3, -0.25) is 9.59 Å². The first-order valence-corrected chi connectivity index (χ1v) is 12.3. The number of anilines is 2. The normalized spacial score (nSPS) is 13.8. The Balaban J connectivity index is 1.43. The molecule has 0 spiro atoms. The van der Waals surface area contributed by atoms with Gasteiger partial charge in [0, 0.05) is 36.1 Å². The topological polar surface area (TPSA) is 70.7 Å². The number of carbonyl (C=O) groups is 2. The van der Waals surface area contributed by atoms with E-state index in [0.717, 1.165) is 43.8 Å². The van der Waals surface area contributed by atoms with Crippen LogP contribution in [0.3, 0.4) is 0 Å². The van der Waals surface area contributed by atoms with Gasteiger partial charge in [0.1, 0.15) is 5.75 Å². The number of likely N-dealkylation sites (tertiary alicyclic amines) is 1. The van der Waals surface area contributed by atoms with Gasteiger partial charge in [-0.1, -0.05) is 45.1 Å². The number of rotatable bonds is 11. The van der Waals surface area contributed by atoms with Gasteiger partial charge in [0.15, 0.2) is 0 Å². The van der Waals surface area contributed by atoms with Gasteiger partial charge < -0.3 is 20.3 Å². The molecule has 0 unspecified atom stereocenters. The van der Waals surface area contributed by atoms with Crippen LogP contribution in [-0.2, 0) is 4.79 Å². The van der Waals surface area contributed by atoms with E-state index >= 15 is 0 Å². The van der Waals surface area contributed by atoms with E-state index in [4.69, 9.17) is 4.74 Å². The molecule has 2 aromatic carbocycles. The van der Waals surface area contributed by atoms with Crippen molar-refractivity contribution >= 4 is 23.2 Å². The van der Waals surface area contributed by atoms with E-state index in [2.05, 4.69) is 17.6 Å². The average molecular weight is 452 g/mol. The standard InChI is InChI=1S/C27H37N3O3/c1-2-3-4-9-19-33-25-12-10-11-24(20-25)29-26(31)21-28-23-15-13-22(14-16-23)27(32)30-17-7-5-6-8-18-30/h10-16,20,28H,2-9,17-19,21H2,1H3,(H,29,31). The number of amides is 2. The third kappa shape index (κ3) is 8.44. The van der Waals surface area contributed by atoms with Crippen LogP contribution in [0.15, 0.2) is 48.5 Å². The Bertz CT molecular complexity index is 874. The summed E-state index contributed by atoms with van der Waals surface area (Å²) < 4.78 is 5.79. The molecule has 1 aliphatic rings. The van der Waals surface area contributed by atoms with Crippen molar-refractivity contribution in [3.63, 3.8) is 0 Å². The zero-order valence-electron chi connectivity index (χ0n) is 19.8. The Morgan fingerprint density at radius 2 is 1.67 bits per heavy atom. The van der Waals surface area contributed by atoms with Crippen molar-refractivity contribution in [1.29, 1.82) is 0 Å². The van der Waals surface area contributed by atoms with E-state index < -0.39 is 0 Å². The highest BCUT2D eigenvalue weighted by atomic mass is 16.5. The summed E-state index contributed by atoms with van der Waals surface area (Å²) >= 11 is 0. The van der Waals surface area contributed by atoms with E-state index in [1.807, 2.05) is 53.4 Å². The van der Waals surface area contributed by atoms with Crippen LogP contribution in [0.1, 0.15) is 68.6 Å². The molecule has 0 saturated carbocycles. The minimum Gasteiger partial charge on any atom is -0.494 e. The van der Waals surface area contributed by atoms with E-state index in [1.165, 1.54) is 32.1 Å². The van der Waals surface area contributed by atoms with Crippen LogP contribution in [0, 0.1) is 0 Å². The third-order valence-electron chi connectivity index (χ3n) is 5.86. The summed E-state index contributed by atoms with van der Waals surface area (Å²) in [7, 11) is 0. The molecule has 0 bridgehead atoms. The monoisotopic (exact) mass is 451 g/mol. The number of nitrogens with one attached hydrogen (secondary N) is 2. The molecule has 1 aliphatic heterocycles. The molecule has 3 rings (SSSR count). The van der Waals surface area contributed by atoms with Crippen molar-refractivity contribution in [1.82, 2.24) is 4.90 Å².